The van der Waals surface area contributed by atoms with Crippen molar-refractivity contribution in [1.29, 1.82) is 0 Å². The van der Waals surface area contributed by atoms with Gasteiger partial charge in [0.25, 0.3) is 0 Å². The summed E-state index contributed by atoms with van der Waals surface area (Å²) in [7, 11) is 1.64. The quantitative estimate of drug-likeness (QED) is 0.385. The van der Waals surface area contributed by atoms with Crippen LogP contribution in [0.3, 0.4) is 0 Å². The van der Waals surface area contributed by atoms with Crippen LogP contribution in [0.25, 0.3) is 0 Å². The Morgan fingerprint density at radius 2 is 1.57 bits per heavy atom. The van der Waals surface area contributed by atoms with Crippen LogP contribution in [0.2, 0.25) is 0 Å². The highest BCUT2D eigenvalue weighted by atomic mass is 16.6. The smallest absolute Gasteiger partial charge is 0.150 e. The average Bonchev–Trinajstić information content (AvgIpc) is 2.59. The lowest BCUT2D eigenvalue weighted by Gasteiger charge is -2.14. The van der Waals surface area contributed by atoms with Gasteiger partial charge in [0.05, 0.1) is 45.7 Å². The standard InChI is InChI=1S/C17H26O6/c1-15(14-23-17-5-3-16(13-18)4-6-17)22-12-11-21-10-9-20-8-7-19-2/h3-6,13,15H,7-12,14H2,1-2H3/t15-/m0/s1. The molecule has 1 aromatic rings. The van der Waals surface area contributed by atoms with Crippen LogP contribution in [0.1, 0.15) is 17.3 Å². The highest BCUT2D eigenvalue weighted by Crippen LogP contribution is 2.11. The third kappa shape index (κ3) is 10.0. The highest BCUT2D eigenvalue weighted by Gasteiger charge is 2.03. The van der Waals surface area contributed by atoms with Gasteiger partial charge in [0.2, 0.25) is 0 Å². The Bertz CT molecular complexity index is 406. The van der Waals surface area contributed by atoms with E-state index in [1.165, 1.54) is 0 Å². The summed E-state index contributed by atoms with van der Waals surface area (Å²) in [5.74, 6) is 0.718. The number of rotatable bonds is 14. The van der Waals surface area contributed by atoms with Gasteiger partial charge < -0.3 is 23.7 Å². The summed E-state index contributed by atoms with van der Waals surface area (Å²) in [5, 5.41) is 0. The minimum absolute atomic E-state index is 0.0395. The molecular formula is C17H26O6. The zero-order valence-electron chi connectivity index (χ0n) is 13.9. The molecule has 0 saturated heterocycles. The predicted molar refractivity (Wildman–Crippen MR) is 86.3 cm³/mol. The fourth-order valence-corrected chi connectivity index (χ4v) is 1.68. The number of hydrogen-bond acceptors (Lipinski definition) is 6. The molecule has 0 aliphatic rings. The van der Waals surface area contributed by atoms with Gasteiger partial charge in [0.1, 0.15) is 18.6 Å². The van der Waals surface area contributed by atoms with Gasteiger partial charge in [-0.3, -0.25) is 4.79 Å². The number of aldehydes is 1. The largest absolute Gasteiger partial charge is 0.491 e. The molecule has 6 nitrogen and oxygen atoms in total. The zero-order chi connectivity index (χ0) is 16.8. The molecule has 0 aliphatic heterocycles. The maximum atomic E-state index is 10.6. The molecule has 23 heavy (non-hydrogen) atoms. The van der Waals surface area contributed by atoms with Gasteiger partial charge in [0.15, 0.2) is 0 Å². The second-order valence-electron chi connectivity index (χ2n) is 4.90. The predicted octanol–water partition coefficient (Wildman–Crippen LogP) is 1.96. The molecule has 0 amide bonds. The molecule has 0 unspecified atom stereocenters. The third-order valence-corrected chi connectivity index (χ3v) is 2.93. The first-order valence-electron chi connectivity index (χ1n) is 7.70. The van der Waals surface area contributed by atoms with Crippen LogP contribution in [0.15, 0.2) is 24.3 Å². The Balaban J connectivity index is 1.97. The summed E-state index contributed by atoms with van der Waals surface area (Å²) < 4.78 is 26.7. The van der Waals surface area contributed by atoms with Gasteiger partial charge >= 0.3 is 0 Å². The van der Waals surface area contributed by atoms with Gasteiger partial charge in [-0.15, -0.1) is 0 Å². The molecule has 130 valence electrons. The van der Waals surface area contributed by atoms with Crippen molar-refractivity contribution < 1.29 is 28.5 Å². The second kappa shape index (κ2) is 13.0. The molecule has 0 radical (unpaired) electrons. The van der Waals surface area contributed by atoms with Crippen LogP contribution >= 0.6 is 0 Å². The summed E-state index contributed by atoms with van der Waals surface area (Å²) in [6.45, 7) is 5.68. The lowest BCUT2D eigenvalue weighted by molar-refractivity contribution is -0.0220. The van der Waals surface area contributed by atoms with Crippen molar-refractivity contribution in [1.82, 2.24) is 0 Å². The molecular weight excluding hydrogens is 300 g/mol. The van der Waals surface area contributed by atoms with Crippen molar-refractivity contribution in [3.8, 4) is 5.75 Å². The van der Waals surface area contributed by atoms with Crippen molar-refractivity contribution in [2.75, 3.05) is 53.4 Å². The van der Waals surface area contributed by atoms with E-state index in [1.54, 1.807) is 31.4 Å². The van der Waals surface area contributed by atoms with E-state index in [2.05, 4.69) is 0 Å². The van der Waals surface area contributed by atoms with E-state index < -0.39 is 0 Å². The lowest BCUT2D eigenvalue weighted by Crippen LogP contribution is -2.21. The van der Waals surface area contributed by atoms with E-state index in [4.69, 9.17) is 23.7 Å². The monoisotopic (exact) mass is 326 g/mol. The van der Waals surface area contributed by atoms with Crippen molar-refractivity contribution in [2.24, 2.45) is 0 Å². The third-order valence-electron chi connectivity index (χ3n) is 2.93. The molecule has 0 fully saturated rings. The van der Waals surface area contributed by atoms with Crippen LogP contribution < -0.4 is 4.74 Å². The van der Waals surface area contributed by atoms with E-state index in [1.807, 2.05) is 6.92 Å². The number of ether oxygens (including phenoxy) is 5. The molecule has 0 spiro atoms. The normalized spacial score (nSPS) is 12.1. The van der Waals surface area contributed by atoms with Gasteiger partial charge in [-0.2, -0.15) is 0 Å². The number of hydrogen-bond donors (Lipinski definition) is 0. The van der Waals surface area contributed by atoms with Crippen LogP contribution in [-0.4, -0.2) is 65.7 Å². The SMILES string of the molecule is COCCOCCOCCO[C@@H](C)COc1ccc(C=O)cc1. The van der Waals surface area contributed by atoms with Crippen molar-refractivity contribution in [3.63, 3.8) is 0 Å². The Morgan fingerprint density at radius 3 is 2.17 bits per heavy atom. The van der Waals surface area contributed by atoms with E-state index in [9.17, 15) is 4.79 Å². The first-order chi connectivity index (χ1) is 11.3. The first kappa shape index (κ1) is 19.6. The van der Waals surface area contributed by atoms with E-state index in [-0.39, 0.29) is 6.10 Å². The maximum Gasteiger partial charge on any atom is 0.150 e. The number of carbonyl (C=O) groups excluding carboxylic acids is 1. The summed E-state index contributed by atoms with van der Waals surface area (Å²) >= 11 is 0. The van der Waals surface area contributed by atoms with E-state index >= 15 is 0 Å². The molecule has 0 bridgehead atoms. The topological polar surface area (TPSA) is 63.2 Å². The van der Waals surface area contributed by atoms with Crippen molar-refractivity contribution in [3.05, 3.63) is 29.8 Å². The molecule has 1 rings (SSSR count). The molecule has 1 atom stereocenters. The van der Waals surface area contributed by atoms with Crippen LogP contribution in [0, 0.1) is 0 Å². The van der Waals surface area contributed by atoms with Gasteiger partial charge in [-0.05, 0) is 31.2 Å². The summed E-state index contributed by atoms with van der Waals surface area (Å²) in [6.07, 6.45) is 0.764. The summed E-state index contributed by atoms with van der Waals surface area (Å²) in [6, 6.07) is 6.97. The number of carbonyl (C=O) groups is 1. The minimum Gasteiger partial charge on any atom is -0.491 e. The fourth-order valence-electron chi connectivity index (χ4n) is 1.68. The van der Waals surface area contributed by atoms with Gasteiger partial charge in [-0.1, -0.05) is 0 Å². The minimum atomic E-state index is -0.0395. The second-order valence-corrected chi connectivity index (χ2v) is 4.90. The average molecular weight is 326 g/mol. The Hall–Kier alpha value is -1.47. The Labute approximate surface area is 137 Å². The zero-order valence-corrected chi connectivity index (χ0v) is 13.9. The van der Waals surface area contributed by atoms with E-state index in [0.717, 1.165) is 12.0 Å². The molecule has 6 heteroatoms. The fraction of sp³-hybridized carbons (Fsp3) is 0.588. The summed E-state index contributed by atoms with van der Waals surface area (Å²) in [5.41, 5.74) is 0.630. The summed E-state index contributed by atoms with van der Waals surface area (Å²) in [4.78, 5) is 10.6. The van der Waals surface area contributed by atoms with Gasteiger partial charge in [-0.25, -0.2) is 0 Å². The highest BCUT2D eigenvalue weighted by molar-refractivity contribution is 5.74. The number of benzene rings is 1. The van der Waals surface area contributed by atoms with Gasteiger partial charge in [0, 0.05) is 12.7 Å². The van der Waals surface area contributed by atoms with Crippen LogP contribution in [-0.2, 0) is 18.9 Å². The van der Waals surface area contributed by atoms with E-state index in [0.29, 0.717) is 51.8 Å². The lowest BCUT2D eigenvalue weighted by atomic mass is 10.2. The maximum absolute atomic E-state index is 10.6. The molecule has 0 heterocycles. The Morgan fingerprint density at radius 1 is 0.957 bits per heavy atom. The first-order valence-corrected chi connectivity index (χ1v) is 7.70. The molecule has 1 aromatic carbocycles. The van der Waals surface area contributed by atoms with Crippen LogP contribution in [0.4, 0.5) is 0 Å². The van der Waals surface area contributed by atoms with Crippen molar-refractivity contribution >= 4 is 6.29 Å². The molecule has 0 saturated carbocycles. The molecule has 0 aromatic heterocycles. The molecule has 0 N–H and O–H groups in total. The van der Waals surface area contributed by atoms with Crippen LogP contribution in [0.5, 0.6) is 5.75 Å². The number of methoxy groups -OCH3 is 1. The Kier molecular flexibility index (Phi) is 11.1. The van der Waals surface area contributed by atoms with Crippen molar-refractivity contribution in [2.45, 2.75) is 13.0 Å². The molecule has 0 aliphatic carbocycles.